The van der Waals surface area contributed by atoms with Crippen molar-refractivity contribution < 1.29 is 9.13 Å². The normalized spacial score (nSPS) is 24.6. The molecule has 2 N–H and O–H groups in total. The standard InChI is InChI=1S/C15H23FN2O/c1-15(19-2)7-4-8-18(11-15)10-13-6-3-5-12(9-17)14(13)16/h3,5-6H,4,7-11,17H2,1-2H3. The van der Waals surface area contributed by atoms with E-state index in [-0.39, 0.29) is 18.0 Å². The summed E-state index contributed by atoms with van der Waals surface area (Å²) >= 11 is 0. The van der Waals surface area contributed by atoms with Crippen LogP contribution in [0.3, 0.4) is 0 Å². The molecule has 0 aliphatic carbocycles. The Kier molecular flexibility index (Phi) is 4.55. The molecule has 1 fully saturated rings. The van der Waals surface area contributed by atoms with Crippen LogP contribution in [-0.2, 0) is 17.8 Å². The number of benzene rings is 1. The van der Waals surface area contributed by atoms with Crippen molar-refractivity contribution in [3.05, 3.63) is 35.1 Å². The SMILES string of the molecule is COC1(C)CCCN(Cc2cccc(CN)c2F)C1. The van der Waals surface area contributed by atoms with Crippen molar-refractivity contribution in [3.63, 3.8) is 0 Å². The Morgan fingerprint density at radius 2 is 2.16 bits per heavy atom. The number of hydrogen-bond acceptors (Lipinski definition) is 3. The van der Waals surface area contributed by atoms with Crippen LogP contribution in [0.5, 0.6) is 0 Å². The van der Waals surface area contributed by atoms with Crippen LogP contribution >= 0.6 is 0 Å². The number of nitrogens with two attached hydrogens (primary N) is 1. The second-order valence-corrected chi connectivity index (χ2v) is 5.56. The van der Waals surface area contributed by atoms with Gasteiger partial charge in [-0.15, -0.1) is 0 Å². The van der Waals surface area contributed by atoms with Crippen molar-refractivity contribution >= 4 is 0 Å². The third-order valence-electron chi connectivity index (χ3n) is 4.00. The van der Waals surface area contributed by atoms with E-state index in [2.05, 4.69) is 11.8 Å². The van der Waals surface area contributed by atoms with Gasteiger partial charge in [-0.2, -0.15) is 0 Å². The van der Waals surface area contributed by atoms with Gasteiger partial charge >= 0.3 is 0 Å². The molecule has 2 rings (SSSR count). The third-order valence-corrected chi connectivity index (χ3v) is 4.00. The maximum Gasteiger partial charge on any atom is 0.132 e. The molecular weight excluding hydrogens is 243 g/mol. The molecule has 1 unspecified atom stereocenters. The van der Waals surface area contributed by atoms with Gasteiger partial charge in [0.25, 0.3) is 0 Å². The maximum absolute atomic E-state index is 14.2. The van der Waals surface area contributed by atoms with Gasteiger partial charge in [-0.25, -0.2) is 4.39 Å². The van der Waals surface area contributed by atoms with E-state index in [0.717, 1.165) is 31.5 Å². The molecule has 1 aliphatic heterocycles. The monoisotopic (exact) mass is 266 g/mol. The molecule has 1 saturated heterocycles. The summed E-state index contributed by atoms with van der Waals surface area (Å²) in [5.74, 6) is -0.158. The summed E-state index contributed by atoms with van der Waals surface area (Å²) in [5, 5.41) is 0. The van der Waals surface area contributed by atoms with Gasteiger partial charge in [-0.1, -0.05) is 18.2 Å². The second-order valence-electron chi connectivity index (χ2n) is 5.56. The second kappa shape index (κ2) is 5.99. The number of hydrogen-bond donors (Lipinski definition) is 1. The van der Waals surface area contributed by atoms with Gasteiger partial charge < -0.3 is 10.5 Å². The summed E-state index contributed by atoms with van der Waals surface area (Å²) in [4.78, 5) is 2.26. The van der Waals surface area contributed by atoms with E-state index in [1.807, 2.05) is 12.1 Å². The number of halogens is 1. The first kappa shape index (κ1) is 14.4. The first-order chi connectivity index (χ1) is 9.08. The molecule has 0 aromatic heterocycles. The fourth-order valence-electron chi connectivity index (χ4n) is 2.76. The summed E-state index contributed by atoms with van der Waals surface area (Å²) in [5.41, 5.74) is 6.75. The lowest BCUT2D eigenvalue weighted by Crippen LogP contribution is -2.46. The van der Waals surface area contributed by atoms with E-state index in [4.69, 9.17) is 10.5 Å². The molecule has 1 aromatic carbocycles. The molecule has 3 nitrogen and oxygen atoms in total. The molecule has 106 valence electrons. The summed E-state index contributed by atoms with van der Waals surface area (Å²) < 4.78 is 19.7. The van der Waals surface area contributed by atoms with Crippen molar-refractivity contribution in [1.82, 2.24) is 4.90 Å². The van der Waals surface area contributed by atoms with Crippen LogP contribution < -0.4 is 5.73 Å². The lowest BCUT2D eigenvalue weighted by molar-refractivity contribution is -0.0529. The first-order valence-corrected chi connectivity index (χ1v) is 6.82. The predicted octanol–water partition coefficient (Wildman–Crippen LogP) is 2.29. The minimum Gasteiger partial charge on any atom is -0.377 e. The molecule has 0 saturated carbocycles. The van der Waals surface area contributed by atoms with Crippen molar-refractivity contribution in [2.75, 3.05) is 20.2 Å². The van der Waals surface area contributed by atoms with Crippen LogP contribution in [-0.4, -0.2) is 30.7 Å². The zero-order chi connectivity index (χ0) is 13.9. The van der Waals surface area contributed by atoms with Gasteiger partial charge in [0.15, 0.2) is 0 Å². The summed E-state index contributed by atoms with van der Waals surface area (Å²) in [7, 11) is 1.75. The molecule has 4 heteroatoms. The summed E-state index contributed by atoms with van der Waals surface area (Å²) in [6.07, 6.45) is 2.15. The quantitative estimate of drug-likeness (QED) is 0.908. The Balaban J connectivity index is 2.09. The minimum atomic E-state index is -0.158. The third kappa shape index (κ3) is 3.32. The zero-order valence-electron chi connectivity index (χ0n) is 11.8. The van der Waals surface area contributed by atoms with Crippen LogP contribution in [0.4, 0.5) is 4.39 Å². The van der Waals surface area contributed by atoms with E-state index in [0.29, 0.717) is 12.1 Å². The topological polar surface area (TPSA) is 38.5 Å². The van der Waals surface area contributed by atoms with E-state index in [9.17, 15) is 4.39 Å². The van der Waals surface area contributed by atoms with Crippen molar-refractivity contribution in [2.24, 2.45) is 5.73 Å². The summed E-state index contributed by atoms with van der Waals surface area (Å²) in [6.45, 7) is 4.82. The molecule has 1 atom stereocenters. The molecule has 0 amide bonds. The molecule has 19 heavy (non-hydrogen) atoms. The smallest absolute Gasteiger partial charge is 0.132 e. The highest BCUT2D eigenvalue weighted by Crippen LogP contribution is 2.25. The average Bonchev–Trinajstić information content (AvgIpc) is 2.41. The predicted molar refractivity (Wildman–Crippen MR) is 74.2 cm³/mol. The van der Waals surface area contributed by atoms with Gasteiger partial charge in [0.05, 0.1) is 5.60 Å². The largest absolute Gasteiger partial charge is 0.377 e. The molecule has 1 heterocycles. The Labute approximate surface area is 114 Å². The van der Waals surface area contributed by atoms with E-state index in [1.54, 1.807) is 13.2 Å². The van der Waals surface area contributed by atoms with Gasteiger partial charge in [0.2, 0.25) is 0 Å². The van der Waals surface area contributed by atoms with Gasteiger partial charge in [0.1, 0.15) is 5.82 Å². The highest BCUT2D eigenvalue weighted by molar-refractivity contribution is 5.26. The number of rotatable bonds is 4. The van der Waals surface area contributed by atoms with Crippen LogP contribution in [0.2, 0.25) is 0 Å². The van der Waals surface area contributed by atoms with Crippen molar-refractivity contribution in [1.29, 1.82) is 0 Å². The fraction of sp³-hybridized carbons (Fsp3) is 0.600. The van der Waals surface area contributed by atoms with Crippen LogP contribution in [0.15, 0.2) is 18.2 Å². The number of ether oxygens (including phenoxy) is 1. The Hall–Kier alpha value is -0.970. The number of methoxy groups -OCH3 is 1. The molecule has 0 bridgehead atoms. The Morgan fingerprint density at radius 1 is 1.42 bits per heavy atom. The van der Waals surface area contributed by atoms with Gasteiger partial charge in [-0.3, -0.25) is 4.90 Å². The average molecular weight is 266 g/mol. The van der Waals surface area contributed by atoms with Crippen molar-refractivity contribution in [3.8, 4) is 0 Å². The first-order valence-electron chi connectivity index (χ1n) is 6.82. The molecule has 0 radical (unpaired) electrons. The highest BCUT2D eigenvalue weighted by Gasteiger charge is 2.30. The number of nitrogens with zero attached hydrogens (tertiary/aromatic N) is 1. The fourth-order valence-corrected chi connectivity index (χ4v) is 2.76. The van der Waals surface area contributed by atoms with E-state index in [1.165, 1.54) is 0 Å². The van der Waals surface area contributed by atoms with Crippen LogP contribution in [0, 0.1) is 5.82 Å². The lowest BCUT2D eigenvalue weighted by Gasteiger charge is -2.39. The maximum atomic E-state index is 14.2. The van der Waals surface area contributed by atoms with Crippen LogP contribution in [0.25, 0.3) is 0 Å². The summed E-state index contributed by atoms with van der Waals surface area (Å²) in [6, 6.07) is 5.46. The number of likely N-dealkylation sites (tertiary alicyclic amines) is 1. The zero-order valence-corrected chi connectivity index (χ0v) is 11.8. The van der Waals surface area contributed by atoms with Gasteiger partial charge in [0, 0.05) is 37.9 Å². The Bertz CT molecular complexity index is 438. The van der Waals surface area contributed by atoms with Gasteiger partial charge in [-0.05, 0) is 26.3 Å². The highest BCUT2D eigenvalue weighted by atomic mass is 19.1. The molecule has 1 aromatic rings. The van der Waals surface area contributed by atoms with Crippen LogP contribution in [0.1, 0.15) is 30.9 Å². The minimum absolute atomic E-state index is 0.111. The Morgan fingerprint density at radius 3 is 2.84 bits per heavy atom. The molecule has 1 aliphatic rings. The van der Waals surface area contributed by atoms with E-state index < -0.39 is 0 Å². The molecule has 0 spiro atoms. The van der Waals surface area contributed by atoms with E-state index >= 15 is 0 Å². The molecular formula is C15H23FN2O. The lowest BCUT2D eigenvalue weighted by atomic mass is 9.94. The number of piperidine rings is 1. The van der Waals surface area contributed by atoms with Crippen molar-refractivity contribution in [2.45, 2.75) is 38.5 Å².